The summed E-state index contributed by atoms with van der Waals surface area (Å²) in [6.45, 7) is 0.612. The molecule has 3 N–H and O–H groups in total. The SMILES string of the molecule is CNC[C@@H](NC(=O)c1nc2cc3c(-c4ccncc4)nn(C)c3cc2[nH]1)c1ccccc1. The Bertz CT molecular complexity index is 1390. The molecule has 160 valence electrons. The van der Waals surface area contributed by atoms with Crippen LogP contribution in [0.1, 0.15) is 22.2 Å². The standard InChI is InChI=1S/C24H23N7O/c1-25-14-20(15-6-4-3-5-7-15)29-24(32)23-27-18-12-17-21(13-19(18)28-23)31(2)30-22(17)16-8-10-26-11-9-16/h3-13,20,25H,14H2,1-2H3,(H,27,28)(H,29,32)/t20-/m1/s1. The van der Waals surface area contributed by atoms with Gasteiger partial charge in [-0.05, 0) is 36.9 Å². The lowest BCUT2D eigenvalue weighted by Crippen LogP contribution is -2.35. The lowest BCUT2D eigenvalue weighted by Gasteiger charge is -2.18. The van der Waals surface area contributed by atoms with Crippen LogP contribution in [-0.2, 0) is 7.05 Å². The minimum atomic E-state index is -0.248. The molecule has 0 bridgehead atoms. The van der Waals surface area contributed by atoms with Gasteiger partial charge in [0.25, 0.3) is 5.91 Å². The predicted octanol–water partition coefficient (Wildman–Crippen LogP) is 3.20. The number of H-pyrrole nitrogens is 1. The van der Waals surface area contributed by atoms with Crippen molar-refractivity contribution in [2.45, 2.75) is 6.04 Å². The summed E-state index contributed by atoms with van der Waals surface area (Å²) in [5.74, 6) is 0.0348. The second-order valence-corrected chi connectivity index (χ2v) is 7.67. The third-order valence-corrected chi connectivity index (χ3v) is 5.54. The molecule has 0 aliphatic rings. The van der Waals surface area contributed by atoms with E-state index in [1.54, 1.807) is 12.4 Å². The number of benzene rings is 2. The van der Waals surface area contributed by atoms with Gasteiger partial charge in [0, 0.05) is 36.9 Å². The number of rotatable bonds is 6. The van der Waals surface area contributed by atoms with Gasteiger partial charge < -0.3 is 15.6 Å². The van der Waals surface area contributed by atoms with E-state index in [9.17, 15) is 4.79 Å². The number of nitrogens with one attached hydrogen (secondary N) is 3. The van der Waals surface area contributed by atoms with Crippen LogP contribution in [-0.4, -0.2) is 44.2 Å². The van der Waals surface area contributed by atoms with Gasteiger partial charge in [0.1, 0.15) is 5.69 Å². The van der Waals surface area contributed by atoms with Crippen LogP contribution < -0.4 is 10.6 Å². The first-order valence-corrected chi connectivity index (χ1v) is 10.4. The molecule has 8 heteroatoms. The molecule has 0 aliphatic heterocycles. The number of hydrogen-bond acceptors (Lipinski definition) is 5. The van der Waals surface area contributed by atoms with E-state index < -0.39 is 0 Å². The molecular weight excluding hydrogens is 402 g/mol. The Labute approximate surface area is 184 Å². The third-order valence-electron chi connectivity index (χ3n) is 5.54. The number of carbonyl (C=O) groups is 1. The van der Waals surface area contributed by atoms with Crippen molar-refractivity contribution in [1.29, 1.82) is 0 Å². The largest absolute Gasteiger partial charge is 0.341 e. The minimum Gasteiger partial charge on any atom is -0.341 e. The van der Waals surface area contributed by atoms with Gasteiger partial charge in [-0.1, -0.05) is 30.3 Å². The van der Waals surface area contributed by atoms with Crippen LogP contribution in [0.25, 0.3) is 33.2 Å². The highest BCUT2D eigenvalue weighted by molar-refractivity contribution is 6.02. The Morgan fingerprint density at radius 2 is 1.91 bits per heavy atom. The molecule has 5 aromatic rings. The molecule has 0 spiro atoms. The summed E-state index contributed by atoms with van der Waals surface area (Å²) in [7, 11) is 3.77. The lowest BCUT2D eigenvalue weighted by atomic mass is 10.1. The van der Waals surface area contributed by atoms with Gasteiger partial charge in [0.15, 0.2) is 5.82 Å². The fraction of sp³-hybridized carbons (Fsp3) is 0.167. The van der Waals surface area contributed by atoms with Crippen molar-refractivity contribution < 1.29 is 4.79 Å². The van der Waals surface area contributed by atoms with Gasteiger partial charge in [-0.15, -0.1) is 0 Å². The molecule has 0 unspecified atom stereocenters. The van der Waals surface area contributed by atoms with Crippen LogP contribution in [0.3, 0.4) is 0 Å². The smallest absolute Gasteiger partial charge is 0.287 e. The first kappa shape index (κ1) is 19.9. The summed E-state index contributed by atoms with van der Waals surface area (Å²) >= 11 is 0. The lowest BCUT2D eigenvalue weighted by molar-refractivity contribution is 0.0927. The number of nitrogens with zero attached hydrogens (tertiary/aromatic N) is 4. The van der Waals surface area contributed by atoms with Crippen molar-refractivity contribution in [2.75, 3.05) is 13.6 Å². The molecular formula is C24H23N7O. The number of hydrogen-bond donors (Lipinski definition) is 3. The Morgan fingerprint density at radius 3 is 2.66 bits per heavy atom. The average molecular weight is 425 g/mol. The molecule has 2 aromatic carbocycles. The van der Waals surface area contributed by atoms with Gasteiger partial charge in [0.05, 0.1) is 22.6 Å². The maximum atomic E-state index is 13.0. The van der Waals surface area contributed by atoms with E-state index in [0.29, 0.717) is 6.54 Å². The van der Waals surface area contributed by atoms with E-state index in [0.717, 1.165) is 38.8 Å². The summed E-state index contributed by atoms with van der Waals surface area (Å²) in [6, 6.07) is 17.5. The first-order valence-electron chi connectivity index (χ1n) is 10.4. The summed E-state index contributed by atoms with van der Waals surface area (Å²) < 4.78 is 1.84. The number of aromatic amines is 1. The van der Waals surface area contributed by atoms with Crippen LogP contribution in [0.15, 0.2) is 67.0 Å². The van der Waals surface area contributed by atoms with Gasteiger partial charge in [-0.2, -0.15) is 5.10 Å². The molecule has 0 radical (unpaired) electrons. The molecule has 3 heterocycles. The highest BCUT2D eigenvalue weighted by Gasteiger charge is 2.19. The number of carbonyl (C=O) groups excluding carboxylic acids is 1. The highest BCUT2D eigenvalue weighted by atomic mass is 16.2. The van der Waals surface area contributed by atoms with Crippen molar-refractivity contribution in [3.8, 4) is 11.3 Å². The zero-order valence-corrected chi connectivity index (χ0v) is 17.8. The monoisotopic (exact) mass is 425 g/mol. The Morgan fingerprint density at radius 1 is 1.12 bits per heavy atom. The van der Waals surface area contributed by atoms with Gasteiger partial charge in [0.2, 0.25) is 0 Å². The van der Waals surface area contributed by atoms with Crippen LogP contribution in [0.4, 0.5) is 0 Å². The number of pyridine rings is 1. The Hall–Kier alpha value is -4.04. The van der Waals surface area contributed by atoms with E-state index in [1.165, 1.54) is 0 Å². The molecule has 32 heavy (non-hydrogen) atoms. The fourth-order valence-electron chi connectivity index (χ4n) is 3.96. The molecule has 8 nitrogen and oxygen atoms in total. The average Bonchev–Trinajstić information content (AvgIpc) is 3.39. The quantitative estimate of drug-likeness (QED) is 0.388. The number of aryl methyl sites for hydroxylation is 1. The van der Waals surface area contributed by atoms with Crippen molar-refractivity contribution in [2.24, 2.45) is 7.05 Å². The Balaban J connectivity index is 1.50. The normalized spacial score (nSPS) is 12.3. The summed E-state index contributed by atoms with van der Waals surface area (Å²) in [6.07, 6.45) is 3.50. The summed E-state index contributed by atoms with van der Waals surface area (Å²) in [4.78, 5) is 24.8. The summed E-state index contributed by atoms with van der Waals surface area (Å²) in [5, 5.41) is 11.9. The molecule has 1 amide bonds. The maximum Gasteiger partial charge on any atom is 0.287 e. The van der Waals surface area contributed by atoms with Crippen molar-refractivity contribution in [3.63, 3.8) is 0 Å². The molecule has 3 aromatic heterocycles. The molecule has 0 fully saturated rings. The van der Waals surface area contributed by atoms with Crippen LogP contribution in [0.2, 0.25) is 0 Å². The topological polar surface area (TPSA) is 101 Å². The Kier molecular flexibility index (Phi) is 5.12. The highest BCUT2D eigenvalue weighted by Crippen LogP contribution is 2.30. The van der Waals surface area contributed by atoms with E-state index in [2.05, 4.69) is 30.7 Å². The number of aromatic nitrogens is 5. The molecule has 1 atom stereocenters. The number of amides is 1. The number of likely N-dealkylation sites (N-methyl/N-ethyl adjacent to an activating group) is 1. The molecule has 0 aliphatic carbocycles. The zero-order chi connectivity index (χ0) is 22.1. The second kappa shape index (κ2) is 8.24. The van der Waals surface area contributed by atoms with Crippen molar-refractivity contribution in [3.05, 3.63) is 78.4 Å². The predicted molar refractivity (Wildman–Crippen MR) is 124 cm³/mol. The second-order valence-electron chi connectivity index (χ2n) is 7.67. The van der Waals surface area contributed by atoms with E-state index in [1.807, 2.05) is 73.4 Å². The van der Waals surface area contributed by atoms with Gasteiger partial charge in [-0.3, -0.25) is 14.5 Å². The van der Waals surface area contributed by atoms with E-state index >= 15 is 0 Å². The fourth-order valence-corrected chi connectivity index (χ4v) is 3.96. The van der Waals surface area contributed by atoms with Gasteiger partial charge >= 0.3 is 0 Å². The number of fused-ring (bicyclic) bond motifs is 2. The van der Waals surface area contributed by atoms with Crippen LogP contribution in [0, 0.1) is 0 Å². The zero-order valence-electron chi connectivity index (χ0n) is 17.8. The first-order chi connectivity index (χ1) is 15.6. The van der Waals surface area contributed by atoms with Crippen LogP contribution in [0.5, 0.6) is 0 Å². The molecule has 0 saturated carbocycles. The van der Waals surface area contributed by atoms with Crippen molar-refractivity contribution in [1.82, 2.24) is 35.4 Å². The summed E-state index contributed by atoms with van der Waals surface area (Å²) in [5.41, 5.74) is 5.34. The van der Waals surface area contributed by atoms with E-state index in [4.69, 9.17) is 0 Å². The van der Waals surface area contributed by atoms with Crippen molar-refractivity contribution >= 4 is 27.8 Å². The third kappa shape index (κ3) is 3.61. The van der Waals surface area contributed by atoms with Crippen LogP contribution >= 0.6 is 0 Å². The minimum absolute atomic E-state index is 0.163. The molecule has 0 saturated heterocycles. The number of imidazole rings is 1. The van der Waals surface area contributed by atoms with E-state index in [-0.39, 0.29) is 17.8 Å². The molecule has 5 rings (SSSR count). The maximum absolute atomic E-state index is 13.0. The van der Waals surface area contributed by atoms with Gasteiger partial charge in [-0.25, -0.2) is 4.98 Å².